The van der Waals surface area contributed by atoms with Crippen LogP contribution >= 0.6 is 0 Å². The van der Waals surface area contributed by atoms with Crippen LogP contribution in [0.2, 0.25) is 0 Å². The predicted octanol–water partition coefficient (Wildman–Crippen LogP) is 1.73. The minimum absolute atomic E-state index is 0.181. The molecule has 8 heteroatoms. The SMILES string of the molecule is Cc1cc(C(=O)O)cc(O)c1OC(=O)c1cc(O)c(O)c(O)c1. The number of aryl methyl sites for hydroxylation is 1. The lowest BCUT2D eigenvalue weighted by Crippen LogP contribution is -2.10. The van der Waals surface area contributed by atoms with Gasteiger partial charge in [0.25, 0.3) is 0 Å². The van der Waals surface area contributed by atoms with Gasteiger partial charge in [-0.3, -0.25) is 0 Å². The Morgan fingerprint density at radius 2 is 1.39 bits per heavy atom. The van der Waals surface area contributed by atoms with E-state index in [9.17, 15) is 30.0 Å². The fourth-order valence-electron chi connectivity index (χ4n) is 1.89. The monoisotopic (exact) mass is 320 g/mol. The molecule has 2 aromatic carbocycles. The van der Waals surface area contributed by atoms with Crippen LogP contribution in [-0.4, -0.2) is 37.5 Å². The number of carboxylic acids is 1. The van der Waals surface area contributed by atoms with Gasteiger partial charge < -0.3 is 30.3 Å². The van der Waals surface area contributed by atoms with Crippen molar-refractivity contribution in [1.29, 1.82) is 0 Å². The number of carbonyl (C=O) groups excluding carboxylic acids is 1. The average Bonchev–Trinajstić information content (AvgIpc) is 2.47. The molecule has 0 saturated carbocycles. The first-order valence-corrected chi connectivity index (χ1v) is 6.24. The summed E-state index contributed by atoms with van der Waals surface area (Å²) in [6.07, 6.45) is 0. The molecule has 0 radical (unpaired) electrons. The number of hydrogen-bond acceptors (Lipinski definition) is 7. The second-order valence-corrected chi connectivity index (χ2v) is 4.70. The molecule has 2 aromatic rings. The fourth-order valence-corrected chi connectivity index (χ4v) is 1.89. The maximum atomic E-state index is 12.0. The van der Waals surface area contributed by atoms with Crippen molar-refractivity contribution < 1.29 is 39.9 Å². The lowest BCUT2D eigenvalue weighted by molar-refractivity contribution is 0.0696. The van der Waals surface area contributed by atoms with E-state index in [4.69, 9.17) is 9.84 Å². The molecule has 0 unspecified atom stereocenters. The lowest BCUT2D eigenvalue weighted by Gasteiger charge is -2.11. The summed E-state index contributed by atoms with van der Waals surface area (Å²) >= 11 is 0. The van der Waals surface area contributed by atoms with Gasteiger partial charge in [-0.15, -0.1) is 0 Å². The van der Waals surface area contributed by atoms with E-state index in [0.29, 0.717) is 0 Å². The summed E-state index contributed by atoms with van der Waals surface area (Å²) in [6, 6.07) is 3.87. The van der Waals surface area contributed by atoms with Crippen molar-refractivity contribution in [2.45, 2.75) is 6.92 Å². The molecule has 120 valence electrons. The quantitative estimate of drug-likeness (QED) is 0.327. The standard InChI is InChI=1S/C15H12O8/c1-6-2-7(14(20)21)3-11(18)13(6)23-15(22)8-4-9(16)12(19)10(17)5-8/h2-5,16-19H,1H3,(H,20,21). The van der Waals surface area contributed by atoms with E-state index in [1.54, 1.807) is 0 Å². The fraction of sp³-hybridized carbons (Fsp3) is 0.0667. The predicted molar refractivity (Wildman–Crippen MR) is 76.2 cm³/mol. The molecule has 0 aliphatic heterocycles. The second-order valence-electron chi connectivity index (χ2n) is 4.70. The van der Waals surface area contributed by atoms with Gasteiger partial charge in [-0.1, -0.05) is 0 Å². The largest absolute Gasteiger partial charge is 0.504 e. The highest BCUT2D eigenvalue weighted by Crippen LogP contribution is 2.37. The molecular formula is C15H12O8. The zero-order valence-corrected chi connectivity index (χ0v) is 11.8. The number of carbonyl (C=O) groups is 2. The van der Waals surface area contributed by atoms with Crippen LogP contribution in [0.4, 0.5) is 0 Å². The van der Waals surface area contributed by atoms with E-state index in [0.717, 1.165) is 18.2 Å². The van der Waals surface area contributed by atoms with Gasteiger partial charge in [0, 0.05) is 0 Å². The maximum absolute atomic E-state index is 12.0. The van der Waals surface area contributed by atoms with Crippen LogP contribution in [-0.2, 0) is 0 Å². The first-order chi connectivity index (χ1) is 10.7. The normalized spacial score (nSPS) is 10.3. The summed E-state index contributed by atoms with van der Waals surface area (Å²) in [5.74, 6) is -5.33. The molecule has 5 N–H and O–H groups in total. The summed E-state index contributed by atoms with van der Waals surface area (Å²) in [5, 5.41) is 46.6. The first kappa shape index (κ1) is 16.0. The van der Waals surface area contributed by atoms with E-state index in [2.05, 4.69) is 0 Å². The lowest BCUT2D eigenvalue weighted by atomic mass is 10.1. The van der Waals surface area contributed by atoms with Crippen molar-refractivity contribution in [2.24, 2.45) is 0 Å². The summed E-state index contributed by atoms with van der Waals surface area (Å²) in [7, 11) is 0. The topological polar surface area (TPSA) is 145 Å². The van der Waals surface area contributed by atoms with Crippen LogP contribution in [0.5, 0.6) is 28.7 Å². The van der Waals surface area contributed by atoms with E-state index in [-0.39, 0.29) is 22.4 Å². The van der Waals surface area contributed by atoms with Gasteiger partial charge in [-0.2, -0.15) is 0 Å². The molecule has 0 spiro atoms. The minimum Gasteiger partial charge on any atom is -0.504 e. The minimum atomic E-state index is -1.25. The van der Waals surface area contributed by atoms with Crippen LogP contribution in [0.3, 0.4) is 0 Å². The molecule has 0 aliphatic rings. The van der Waals surface area contributed by atoms with Gasteiger partial charge in [0.2, 0.25) is 0 Å². The highest BCUT2D eigenvalue weighted by atomic mass is 16.5. The second kappa shape index (κ2) is 5.76. The van der Waals surface area contributed by atoms with Gasteiger partial charge in [0.05, 0.1) is 11.1 Å². The maximum Gasteiger partial charge on any atom is 0.343 e. The van der Waals surface area contributed by atoms with Crippen LogP contribution in [0.25, 0.3) is 0 Å². The average molecular weight is 320 g/mol. The summed E-state index contributed by atoms with van der Waals surface area (Å²) in [6.45, 7) is 1.43. The molecule has 0 fully saturated rings. The number of rotatable bonds is 3. The molecular weight excluding hydrogens is 308 g/mol. The first-order valence-electron chi connectivity index (χ1n) is 6.24. The van der Waals surface area contributed by atoms with Gasteiger partial charge >= 0.3 is 11.9 Å². The molecule has 0 bridgehead atoms. The van der Waals surface area contributed by atoms with E-state index in [1.807, 2.05) is 0 Å². The third kappa shape index (κ3) is 3.10. The number of hydrogen-bond donors (Lipinski definition) is 5. The molecule has 0 atom stereocenters. The van der Waals surface area contributed by atoms with Crippen molar-refractivity contribution in [2.75, 3.05) is 0 Å². The number of aromatic carboxylic acids is 1. The Morgan fingerprint density at radius 1 is 0.870 bits per heavy atom. The van der Waals surface area contributed by atoms with E-state index < -0.39 is 34.9 Å². The highest BCUT2D eigenvalue weighted by molar-refractivity contribution is 5.94. The van der Waals surface area contributed by atoms with Crippen molar-refractivity contribution in [3.8, 4) is 28.7 Å². The third-order valence-corrected chi connectivity index (χ3v) is 3.00. The van der Waals surface area contributed by atoms with E-state index >= 15 is 0 Å². The molecule has 23 heavy (non-hydrogen) atoms. The van der Waals surface area contributed by atoms with Crippen molar-refractivity contribution in [3.05, 3.63) is 41.0 Å². The van der Waals surface area contributed by atoms with Crippen LogP contribution in [0.15, 0.2) is 24.3 Å². The number of phenols is 4. The number of ether oxygens (including phenoxy) is 1. The smallest absolute Gasteiger partial charge is 0.343 e. The molecule has 0 aromatic heterocycles. The summed E-state index contributed by atoms with van der Waals surface area (Å²) in [4.78, 5) is 22.9. The Bertz CT molecular complexity index is 763. The number of carboxylic acid groups (broad SMARTS) is 1. The highest BCUT2D eigenvalue weighted by Gasteiger charge is 2.19. The van der Waals surface area contributed by atoms with Crippen molar-refractivity contribution >= 4 is 11.9 Å². The molecule has 0 saturated heterocycles. The Labute approximate surface area is 129 Å². The summed E-state index contributed by atoms with van der Waals surface area (Å²) < 4.78 is 4.96. The zero-order chi connectivity index (χ0) is 17.3. The van der Waals surface area contributed by atoms with Gasteiger partial charge in [-0.05, 0) is 36.8 Å². The molecule has 0 amide bonds. The summed E-state index contributed by atoms with van der Waals surface area (Å²) in [5.41, 5.74) is -0.262. The third-order valence-electron chi connectivity index (χ3n) is 3.00. The Hall–Kier alpha value is -3.42. The molecule has 0 aliphatic carbocycles. The van der Waals surface area contributed by atoms with Crippen LogP contribution in [0, 0.1) is 6.92 Å². The van der Waals surface area contributed by atoms with Crippen LogP contribution in [0.1, 0.15) is 26.3 Å². The van der Waals surface area contributed by atoms with Crippen molar-refractivity contribution in [3.63, 3.8) is 0 Å². The number of aromatic hydroxyl groups is 4. The van der Waals surface area contributed by atoms with Crippen LogP contribution < -0.4 is 4.74 Å². The van der Waals surface area contributed by atoms with Gasteiger partial charge in [0.15, 0.2) is 28.7 Å². The number of phenolic OH excluding ortho intramolecular Hbond substituents is 4. The molecule has 8 nitrogen and oxygen atoms in total. The molecule has 0 heterocycles. The van der Waals surface area contributed by atoms with Crippen molar-refractivity contribution in [1.82, 2.24) is 0 Å². The Morgan fingerprint density at radius 3 is 1.87 bits per heavy atom. The molecule has 2 rings (SSSR count). The van der Waals surface area contributed by atoms with Gasteiger partial charge in [-0.25, -0.2) is 9.59 Å². The van der Waals surface area contributed by atoms with E-state index in [1.165, 1.54) is 13.0 Å². The van der Waals surface area contributed by atoms with Gasteiger partial charge in [0.1, 0.15) is 0 Å². The number of esters is 1. The Kier molecular flexibility index (Phi) is 4.00. The number of benzene rings is 2. The Balaban J connectivity index is 2.36. The zero-order valence-electron chi connectivity index (χ0n) is 11.8.